The monoisotopic (exact) mass is 204 g/mol. The summed E-state index contributed by atoms with van der Waals surface area (Å²) >= 11 is 0. The van der Waals surface area contributed by atoms with E-state index in [0.29, 0.717) is 0 Å². The molecule has 0 spiro atoms. The molecule has 5 atom stereocenters. The highest BCUT2D eigenvalue weighted by Gasteiger charge is 2.42. The molecule has 0 aromatic heterocycles. The van der Waals surface area contributed by atoms with E-state index in [0.717, 1.165) is 6.42 Å². The van der Waals surface area contributed by atoms with E-state index in [1.807, 2.05) is 13.8 Å². The van der Waals surface area contributed by atoms with Crippen LogP contribution in [0.2, 0.25) is 0 Å². The lowest BCUT2D eigenvalue weighted by Gasteiger charge is -2.42. The first-order valence-electron chi connectivity index (χ1n) is 5.04. The Kier molecular flexibility index (Phi) is 4.31. The van der Waals surface area contributed by atoms with E-state index in [1.54, 1.807) is 14.2 Å². The van der Waals surface area contributed by atoms with Gasteiger partial charge in [-0.15, -0.1) is 0 Å². The Morgan fingerprint density at radius 3 is 2.36 bits per heavy atom. The van der Waals surface area contributed by atoms with Crippen LogP contribution in [0.4, 0.5) is 0 Å². The minimum atomic E-state index is -0.524. The summed E-state index contributed by atoms with van der Waals surface area (Å²) in [5.74, 6) is -0.0623. The van der Waals surface area contributed by atoms with Gasteiger partial charge >= 0.3 is 0 Å². The normalized spacial score (nSPS) is 43.9. The Labute approximate surface area is 85.2 Å². The fraction of sp³-hybridized carbons (Fsp3) is 1.00. The molecule has 4 heteroatoms. The van der Waals surface area contributed by atoms with Gasteiger partial charge in [0.2, 0.25) is 0 Å². The third-order valence-electron chi connectivity index (χ3n) is 2.89. The predicted octanol–water partition coefficient (Wildman–Crippen LogP) is 0.780. The van der Waals surface area contributed by atoms with Crippen LogP contribution in [0.1, 0.15) is 20.3 Å². The molecule has 1 heterocycles. The molecule has 0 aromatic carbocycles. The molecule has 1 rings (SSSR count). The van der Waals surface area contributed by atoms with Crippen LogP contribution in [0, 0.1) is 5.92 Å². The molecule has 1 N–H and O–H groups in total. The summed E-state index contributed by atoms with van der Waals surface area (Å²) in [4.78, 5) is 0. The van der Waals surface area contributed by atoms with E-state index in [2.05, 4.69) is 0 Å². The van der Waals surface area contributed by atoms with Crippen LogP contribution in [0.3, 0.4) is 0 Å². The van der Waals surface area contributed by atoms with Crippen molar-refractivity contribution >= 4 is 0 Å². The number of ether oxygens (including phenoxy) is 3. The molecule has 2 unspecified atom stereocenters. The van der Waals surface area contributed by atoms with Crippen LogP contribution in [-0.2, 0) is 14.2 Å². The number of aliphatic hydroxyl groups excluding tert-OH is 1. The highest BCUT2D eigenvalue weighted by molar-refractivity contribution is 4.87. The van der Waals surface area contributed by atoms with Crippen molar-refractivity contribution in [1.82, 2.24) is 0 Å². The van der Waals surface area contributed by atoms with Gasteiger partial charge in [0.15, 0.2) is 6.29 Å². The van der Waals surface area contributed by atoms with E-state index in [1.165, 1.54) is 0 Å². The van der Waals surface area contributed by atoms with Gasteiger partial charge in [-0.25, -0.2) is 0 Å². The van der Waals surface area contributed by atoms with E-state index in [9.17, 15) is 5.11 Å². The van der Waals surface area contributed by atoms with Gasteiger partial charge in [0, 0.05) is 20.1 Å². The van der Waals surface area contributed by atoms with Crippen molar-refractivity contribution in [2.24, 2.45) is 5.92 Å². The molecule has 0 aromatic rings. The number of aliphatic hydroxyl groups is 1. The Bertz CT molecular complexity index is 172. The molecule has 0 radical (unpaired) electrons. The van der Waals surface area contributed by atoms with Crippen LogP contribution in [0.25, 0.3) is 0 Å². The molecule has 0 amide bonds. The maximum Gasteiger partial charge on any atom is 0.162 e. The molecule has 4 nitrogen and oxygen atoms in total. The van der Waals surface area contributed by atoms with Crippen molar-refractivity contribution < 1.29 is 19.3 Å². The van der Waals surface area contributed by atoms with E-state index in [4.69, 9.17) is 14.2 Å². The van der Waals surface area contributed by atoms with Crippen LogP contribution < -0.4 is 0 Å². The average Bonchev–Trinajstić information content (AvgIpc) is 2.21. The lowest BCUT2D eigenvalue weighted by molar-refractivity contribution is -0.273. The molecule has 1 aliphatic heterocycles. The lowest BCUT2D eigenvalue weighted by Crippen LogP contribution is -2.54. The summed E-state index contributed by atoms with van der Waals surface area (Å²) in [7, 11) is 3.19. The van der Waals surface area contributed by atoms with Gasteiger partial charge < -0.3 is 19.3 Å². The molecule has 0 aliphatic carbocycles. The fourth-order valence-electron chi connectivity index (χ4n) is 1.94. The Morgan fingerprint density at radius 2 is 1.93 bits per heavy atom. The van der Waals surface area contributed by atoms with Crippen LogP contribution in [0.15, 0.2) is 0 Å². The summed E-state index contributed by atoms with van der Waals surface area (Å²) in [6, 6.07) is 0. The quantitative estimate of drug-likeness (QED) is 0.738. The van der Waals surface area contributed by atoms with Crippen molar-refractivity contribution in [2.75, 3.05) is 14.2 Å². The fourth-order valence-corrected chi connectivity index (χ4v) is 1.94. The molecule has 1 saturated heterocycles. The van der Waals surface area contributed by atoms with Gasteiger partial charge in [0.1, 0.15) is 6.10 Å². The zero-order valence-corrected chi connectivity index (χ0v) is 9.27. The first kappa shape index (κ1) is 11.9. The Morgan fingerprint density at radius 1 is 1.29 bits per heavy atom. The number of hydrogen-bond acceptors (Lipinski definition) is 4. The minimum absolute atomic E-state index is 0.0623. The van der Waals surface area contributed by atoms with Crippen molar-refractivity contribution in [3.8, 4) is 0 Å². The molecule has 1 fully saturated rings. The second-order valence-electron chi connectivity index (χ2n) is 3.74. The highest BCUT2D eigenvalue weighted by Crippen LogP contribution is 2.29. The molecule has 0 bridgehead atoms. The number of rotatable bonds is 3. The van der Waals surface area contributed by atoms with Gasteiger partial charge in [0.25, 0.3) is 0 Å². The van der Waals surface area contributed by atoms with Gasteiger partial charge in [-0.2, -0.15) is 0 Å². The SMILES string of the molecule is CCC1OC(OC)[C@@H](C)[C@@H](O)[C@@H]1OC. The first-order valence-corrected chi connectivity index (χ1v) is 5.04. The average molecular weight is 204 g/mol. The first-order chi connectivity index (χ1) is 6.65. The minimum Gasteiger partial charge on any atom is -0.390 e. The second kappa shape index (κ2) is 5.07. The number of methoxy groups -OCH3 is 2. The summed E-state index contributed by atoms with van der Waals surface area (Å²) in [5.41, 5.74) is 0. The zero-order chi connectivity index (χ0) is 10.7. The smallest absolute Gasteiger partial charge is 0.162 e. The van der Waals surface area contributed by atoms with Gasteiger partial charge in [-0.3, -0.25) is 0 Å². The highest BCUT2D eigenvalue weighted by atomic mass is 16.7. The van der Waals surface area contributed by atoms with E-state index in [-0.39, 0.29) is 24.4 Å². The second-order valence-corrected chi connectivity index (χ2v) is 3.74. The molecule has 14 heavy (non-hydrogen) atoms. The lowest BCUT2D eigenvalue weighted by atomic mass is 9.91. The van der Waals surface area contributed by atoms with Gasteiger partial charge in [-0.05, 0) is 6.42 Å². The number of hydrogen-bond donors (Lipinski definition) is 1. The Balaban J connectivity index is 2.71. The standard InChI is InChI=1S/C10H20O4/c1-5-7-9(12-3)8(11)6(2)10(13-4)14-7/h6-11H,5H2,1-4H3/t6-,7?,8+,9+,10?/m0/s1. The molecule has 1 aliphatic rings. The van der Waals surface area contributed by atoms with Crippen molar-refractivity contribution in [3.05, 3.63) is 0 Å². The van der Waals surface area contributed by atoms with Crippen LogP contribution >= 0.6 is 0 Å². The summed E-state index contributed by atoms with van der Waals surface area (Å²) in [6.45, 7) is 3.91. The molecule has 84 valence electrons. The summed E-state index contributed by atoms with van der Waals surface area (Å²) in [5, 5.41) is 9.96. The van der Waals surface area contributed by atoms with Gasteiger partial charge in [-0.1, -0.05) is 13.8 Å². The van der Waals surface area contributed by atoms with E-state index < -0.39 is 6.10 Å². The zero-order valence-electron chi connectivity index (χ0n) is 9.27. The van der Waals surface area contributed by atoms with Crippen molar-refractivity contribution in [3.63, 3.8) is 0 Å². The van der Waals surface area contributed by atoms with Crippen molar-refractivity contribution in [1.29, 1.82) is 0 Å². The van der Waals surface area contributed by atoms with Gasteiger partial charge in [0.05, 0.1) is 12.2 Å². The largest absolute Gasteiger partial charge is 0.390 e. The van der Waals surface area contributed by atoms with Crippen LogP contribution in [0.5, 0.6) is 0 Å². The Hall–Kier alpha value is -0.160. The predicted molar refractivity (Wildman–Crippen MR) is 51.9 cm³/mol. The summed E-state index contributed by atoms with van der Waals surface area (Å²) < 4.78 is 16.1. The maximum absolute atomic E-state index is 9.96. The molecular formula is C10H20O4. The topological polar surface area (TPSA) is 47.9 Å². The molecular weight excluding hydrogens is 184 g/mol. The third-order valence-corrected chi connectivity index (χ3v) is 2.89. The van der Waals surface area contributed by atoms with Crippen LogP contribution in [-0.4, -0.2) is 43.9 Å². The summed E-state index contributed by atoms with van der Waals surface area (Å²) in [6.07, 6.45) is -0.384. The van der Waals surface area contributed by atoms with Crippen molar-refractivity contribution in [2.45, 2.75) is 44.9 Å². The third kappa shape index (κ3) is 2.08. The molecule has 0 saturated carbocycles. The van der Waals surface area contributed by atoms with E-state index >= 15 is 0 Å². The maximum atomic E-state index is 9.96.